The van der Waals surface area contributed by atoms with E-state index in [0.717, 1.165) is 13.0 Å². The van der Waals surface area contributed by atoms with Crippen molar-refractivity contribution in [2.45, 2.75) is 38.8 Å². The quantitative estimate of drug-likeness (QED) is 0.922. The molecule has 1 aromatic rings. The van der Waals surface area contributed by atoms with Gasteiger partial charge in [-0.15, -0.1) is 0 Å². The smallest absolute Gasteiger partial charge is 0.410 e. The van der Waals surface area contributed by atoms with Gasteiger partial charge in [0.2, 0.25) is 0 Å². The minimum absolute atomic E-state index is 0.0695. The molecule has 0 spiro atoms. The zero-order valence-corrected chi connectivity index (χ0v) is 12.6. The Labute approximate surface area is 121 Å². The van der Waals surface area contributed by atoms with Crippen molar-refractivity contribution in [3.05, 3.63) is 35.9 Å². The van der Waals surface area contributed by atoms with E-state index in [9.17, 15) is 4.79 Å². The molecule has 0 aliphatic carbocycles. The molecule has 20 heavy (non-hydrogen) atoms. The molecule has 1 aliphatic rings. The number of rotatable bonds is 3. The Kier molecular flexibility index (Phi) is 4.65. The van der Waals surface area contributed by atoms with Gasteiger partial charge in [0.05, 0.1) is 12.6 Å². The second-order valence-electron chi connectivity index (χ2n) is 5.94. The summed E-state index contributed by atoms with van der Waals surface area (Å²) in [6.07, 6.45) is 0.644. The lowest BCUT2D eigenvalue weighted by molar-refractivity contribution is 0.0572. The highest BCUT2D eigenvalue weighted by Crippen LogP contribution is 2.19. The van der Waals surface area contributed by atoms with Crippen LogP contribution in [0.25, 0.3) is 0 Å². The molecular weight excluding hydrogens is 252 g/mol. The monoisotopic (exact) mass is 276 g/mol. The van der Waals surface area contributed by atoms with Gasteiger partial charge in [0.25, 0.3) is 0 Å². The first-order chi connectivity index (χ1) is 9.52. The highest BCUT2D eigenvalue weighted by atomic mass is 16.6. The van der Waals surface area contributed by atoms with Gasteiger partial charge in [-0.1, -0.05) is 30.3 Å². The van der Waals surface area contributed by atoms with Gasteiger partial charge >= 0.3 is 6.09 Å². The largest absolute Gasteiger partial charge is 0.450 e. The van der Waals surface area contributed by atoms with Crippen LogP contribution in [-0.2, 0) is 11.2 Å². The van der Waals surface area contributed by atoms with Gasteiger partial charge in [-0.05, 0) is 32.8 Å². The van der Waals surface area contributed by atoms with Gasteiger partial charge in [-0.2, -0.15) is 0 Å². The molecule has 1 amide bonds. The number of benzene rings is 1. The van der Waals surface area contributed by atoms with Crippen LogP contribution < -0.4 is 5.32 Å². The molecule has 1 fully saturated rings. The maximum Gasteiger partial charge on any atom is 0.410 e. The van der Waals surface area contributed by atoms with Gasteiger partial charge in [-0.25, -0.2) is 4.79 Å². The van der Waals surface area contributed by atoms with Crippen LogP contribution >= 0.6 is 0 Å². The van der Waals surface area contributed by atoms with Crippen molar-refractivity contribution in [1.29, 1.82) is 0 Å². The second-order valence-corrected chi connectivity index (χ2v) is 5.94. The number of nitrogens with zero attached hydrogens (tertiary/aromatic N) is 1. The van der Waals surface area contributed by atoms with Crippen molar-refractivity contribution in [2.75, 3.05) is 19.7 Å². The summed E-state index contributed by atoms with van der Waals surface area (Å²) in [6, 6.07) is 10.4. The maximum atomic E-state index is 12.2. The van der Waals surface area contributed by atoms with E-state index in [1.807, 2.05) is 30.0 Å². The van der Waals surface area contributed by atoms with E-state index in [0.29, 0.717) is 13.2 Å². The highest BCUT2D eigenvalue weighted by molar-refractivity contribution is 5.68. The topological polar surface area (TPSA) is 41.6 Å². The number of carbonyl (C=O) groups excluding carboxylic acids is 1. The molecule has 110 valence electrons. The second kappa shape index (κ2) is 6.27. The van der Waals surface area contributed by atoms with Crippen LogP contribution in [0.2, 0.25) is 0 Å². The van der Waals surface area contributed by atoms with Gasteiger partial charge in [0.15, 0.2) is 0 Å². The molecule has 2 rings (SSSR count). The number of hydrogen-bond donors (Lipinski definition) is 1. The Hall–Kier alpha value is -1.55. The van der Waals surface area contributed by atoms with Crippen molar-refractivity contribution >= 4 is 6.09 Å². The summed E-state index contributed by atoms with van der Waals surface area (Å²) in [4.78, 5) is 14.0. The Morgan fingerprint density at radius 3 is 2.75 bits per heavy atom. The molecule has 1 heterocycles. The first kappa shape index (κ1) is 14.9. The van der Waals surface area contributed by atoms with Crippen molar-refractivity contribution in [3.63, 3.8) is 0 Å². The third-order valence-electron chi connectivity index (χ3n) is 3.64. The Bertz CT molecular complexity index is 445. The molecule has 1 aromatic carbocycles. The molecule has 0 saturated carbocycles. The molecule has 1 atom stereocenters. The minimum atomic E-state index is -0.206. The summed E-state index contributed by atoms with van der Waals surface area (Å²) < 4.78 is 5.20. The first-order valence-corrected chi connectivity index (χ1v) is 7.24. The van der Waals surface area contributed by atoms with E-state index in [1.165, 1.54) is 5.56 Å². The van der Waals surface area contributed by atoms with Crippen molar-refractivity contribution in [1.82, 2.24) is 10.2 Å². The van der Waals surface area contributed by atoms with Gasteiger partial charge in [-0.3, -0.25) is 0 Å². The van der Waals surface area contributed by atoms with E-state index in [-0.39, 0.29) is 17.7 Å². The Morgan fingerprint density at radius 1 is 1.40 bits per heavy atom. The Balaban J connectivity index is 2.10. The van der Waals surface area contributed by atoms with Crippen molar-refractivity contribution in [2.24, 2.45) is 0 Å². The first-order valence-electron chi connectivity index (χ1n) is 7.24. The molecule has 0 bridgehead atoms. The van der Waals surface area contributed by atoms with Crippen LogP contribution in [0.15, 0.2) is 30.3 Å². The molecule has 1 N–H and O–H groups in total. The third-order valence-corrected chi connectivity index (χ3v) is 3.64. The molecule has 0 aromatic heterocycles. The zero-order chi connectivity index (χ0) is 14.6. The maximum absolute atomic E-state index is 12.2. The van der Waals surface area contributed by atoms with E-state index in [4.69, 9.17) is 4.74 Å². The van der Waals surface area contributed by atoms with Crippen molar-refractivity contribution in [3.8, 4) is 0 Å². The SMILES string of the molecule is CCOC(=O)N1CC(C)(C)NCC1Cc1ccccc1. The lowest BCUT2D eigenvalue weighted by atomic mass is 9.95. The summed E-state index contributed by atoms with van der Waals surface area (Å²) >= 11 is 0. The van der Waals surface area contributed by atoms with Crippen LogP contribution in [0.4, 0.5) is 4.79 Å². The van der Waals surface area contributed by atoms with E-state index in [1.54, 1.807) is 0 Å². The summed E-state index contributed by atoms with van der Waals surface area (Å²) in [5.41, 5.74) is 1.17. The molecule has 0 radical (unpaired) electrons. The lowest BCUT2D eigenvalue weighted by Gasteiger charge is -2.44. The molecular formula is C16H24N2O2. The van der Waals surface area contributed by atoms with Crippen molar-refractivity contribution < 1.29 is 9.53 Å². The summed E-state index contributed by atoms with van der Waals surface area (Å²) in [6.45, 7) is 7.94. The third kappa shape index (κ3) is 3.73. The normalized spacial score (nSPS) is 21.6. The summed E-state index contributed by atoms with van der Waals surface area (Å²) in [5, 5.41) is 3.51. The fraction of sp³-hybridized carbons (Fsp3) is 0.562. The van der Waals surface area contributed by atoms with Gasteiger partial charge < -0.3 is 15.0 Å². The molecule has 1 saturated heterocycles. The number of amides is 1. The van der Waals surface area contributed by atoms with Crippen LogP contribution in [0, 0.1) is 0 Å². The molecule has 1 aliphatic heterocycles. The minimum Gasteiger partial charge on any atom is -0.450 e. The van der Waals surface area contributed by atoms with E-state index < -0.39 is 0 Å². The molecule has 1 unspecified atom stereocenters. The summed E-state index contributed by atoms with van der Waals surface area (Å²) in [7, 11) is 0. The predicted molar refractivity (Wildman–Crippen MR) is 79.7 cm³/mol. The average Bonchev–Trinajstić information content (AvgIpc) is 2.42. The van der Waals surface area contributed by atoms with Crippen LogP contribution in [0.1, 0.15) is 26.3 Å². The number of hydrogen-bond acceptors (Lipinski definition) is 3. The number of ether oxygens (including phenoxy) is 1. The number of carbonyl (C=O) groups is 1. The average molecular weight is 276 g/mol. The van der Waals surface area contributed by atoms with Gasteiger partial charge in [0.1, 0.15) is 0 Å². The number of piperazine rings is 1. The molecule has 4 heteroatoms. The highest BCUT2D eigenvalue weighted by Gasteiger charge is 2.36. The molecule has 4 nitrogen and oxygen atoms in total. The van der Waals surface area contributed by atoms with E-state index >= 15 is 0 Å². The van der Waals surface area contributed by atoms with E-state index in [2.05, 4.69) is 31.3 Å². The summed E-state index contributed by atoms with van der Waals surface area (Å²) in [5.74, 6) is 0. The van der Waals surface area contributed by atoms with Gasteiger partial charge in [0, 0.05) is 18.6 Å². The number of nitrogens with one attached hydrogen (secondary N) is 1. The van der Waals surface area contributed by atoms with Crippen LogP contribution in [0.3, 0.4) is 0 Å². The predicted octanol–water partition coefficient (Wildman–Crippen LogP) is 2.44. The Morgan fingerprint density at radius 2 is 2.10 bits per heavy atom. The van der Waals surface area contributed by atoms with Crippen LogP contribution in [0.5, 0.6) is 0 Å². The standard InChI is InChI=1S/C16H24N2O2/c1-4-20-15(19)18-12-16(2,3)17-11-14(18)10-13-8-6-5-7-9-13/h5-9,14,17H,4,10-12H2,1-3H3. The zero-order valence-electron chi connectivity index (χ0n) is 12.6. The fourth-order valence-corrected chi connectivity index (χ4v) is 2.60. The van der Waals surface area contributed by atoms with Crippen LogP contribution in [-0.4, -0.2) is 42.3 Å². The fourth-order valence-electron chi connectivity index (χ4n) is 2.60. The lowest BCUT2D eigenvalue weighted by Crippen LogP contribution is -2.63.